The third-order valence-electron chi connectivity index (χ3n) is 2.88. The molecule has 1 aromatic carbocycles. The molecule has 2 aromatic rings. The molecule has 1 aromatic heterocycles. The average molecular weight is 291 g/mol. The number of non-ortho nitro benzene ring substituents is 1. The predicted molar refractivity (Wildman–Crippen MR) is 74.1 cm³/mol. The van der Waals surface area contributed by atoms with E-state index in [2.05, 4.69) is 4.98 Å². The van der Waals surface area contributed by atoms with Gasteiger partial charge in [0.15, 0.2) is 11.6 Å². The number of hydrogen-bond acceptors (Lipinski definition) is 6. The lowest BCUT2D eigenvalue weighted by Crippen LogP contribution is -2.29. The first kappa shape index (κ1) is 14.7. The summed E-state index contributed by atoms with van der Waals surface area (Å²) in [6.45, 7) is 0.153. The lowest BCUT2D eigenvalue weighted by molar-refractivity contribution is -0.383. The van der Waals surface area contributed by atoms with Crippen molar-refractivity contribution >= 4 is 22.6 Å². The summed E-state index contributed by atoms with van der Waals surface area (Å²) in [5, 5.41) is 20.4. The smallest absolute Gasteiger partial charge is 0.344 e. The predicted octanol–water partition coefficient (Wildman–Crippen LogP) is 1.32. The van der Waals surface area contributed by atoms with Crippen LogP contribution >= 0.6 is 0 Å². The molecule has 0 spiro atoms. The quantitative estimate of drug-likeness (QED) is 0.606. The van der Waals surface area contributed by atoms with E-state index in [1.807, 2.05) is 0 Å². The van der Waals surface area contributed by atoms with Gasteiger partial charge in [0.25, 0.3) is 5.69 Å². The zero-order valence-corrected chi connectivity index (χ0v) is 10.9. The van der Waals surface area contributed by atoms with Crippen molar-refractivity contribution in [3.8, 4) is 5.75 Å². The van der Waals surface area contributed by atoms with Gasteiger partial charge in [0.2, 0.25) is 0 Å². The van der Waals surface area contributed by atoms with Crippen LogP contribution in [0.15, 0.2) is 30.5 Å². The van der Waals surface area contributed by atoms with E-state index in [-0.39, 0.29) is 29.9 Å². The zero-order valence-electron chi connectivity index (χ0n) is 10.9. The molecule has 1 heterocycles. The number of carbonyl (C=O) groups is 1. The van der Waals surface area contributed by atoms with E-state index in [9.17, 15) is 14.9 Å². The fraction of sp³-hybridized carbons (Fsp3) is 0.231. The number of nitro benzene ring substituents is 1. The third-order valence-corrected chi connectivity index (χ3v) is 2.88. The Morgan fingerprint density at radius 3 is 2.86 bits per heavy atom. The van der Waals surface area contributed by atoms with Gasteiger partial charge < -0.3 is 15.6 Å². The summed E-state index contributed by atoms with van der Waals surface area (Å²) < 4.78 is 5.42. The first-order chi connectivity index (χ1) is 10.0. The van der Waals surface area contributed by atoms with Crippen LogP contribution in [0.25, 0.3) is 10.9 Å². The van der Waals surface area contributed by atoms with Crippen molar-refractivity contribution in [3.63, 3.8) is 0 Å². The number of nitrogens with two attached hydrogens (primary N) is 1. The van der Waals surface area contributed by atoms with Crippen LogP contribution in [-0.4, -0.2) is 33.6 Å². The molecular weight excluding hydrogens is 278 g/mol. The highest BCUT2D eigenvalue weighted by atomic mass is 16.6. The molecule has 0 bridgehead atoms. The number of rotatable bonds is 6. The first-order valence-corrected chi connectivity index (χ1v) is 6.16. The molecule has 0 aliphatic carbocycles. The van der Waals surface area contributed by atoms with E-state index in [4.69, 9.17) is 15.6 Å². The topological polar surface area (TPSA) is 129 Å². The monoisotopic (exact) mass is 291 g/mol. The number of fused-ring (bicyclic) bond motifs is 1. The number of carboxylic acid groups (broad SMARTS) is 1. The van der Waals surface area contributed by atoms with Gasteiger partial charge in [-0.1, -0.05) is 0 Å². The Labute approximate surface area is 119 Å². The van der Waals surface area contributed by atoms with Crippen LogP contribution in [0.2, 0.25) is 0 Å². The SMILES string of the molecule is NCCC(Oc1ccc([N+](=O)[O-])c2ncccc12)C(=O)O. The van der Waals surface area contributed by atoms with E-state index < -0.39 is 17.0 Å². The van der Waals surface area contributed by atoms with Gasteiger partial charge in [0.05, 0.1) is 4.92 Å². The molecule has 2 rings (SSSR count). The molecule has 0 aliphatic rings. The number of carboxylic acids is 1. The molecule has 0 saturated carbocycles. The van der Waals surface area contributed by atoms with Gasteiger partial charge in [-0.25, -0.2) is 9.78 Å². The Morgan fingerprint density at radius 1 is 1.48 bits per heavy atom. The number of benzene rings is 1. The largest absolute Gasteiger partial charge is 0.479 e. The number of aliphatic carboxylic acids is 1. The molecule has 1 unspecified atom stereocenters. The fourth-order valence-corrected chi connectivity index (χ4v) is 1.92. The number of pyridine rings is 1. The van der Waals surface area contributed by atoms with Crippen molar-refractivity contribution < 1.29 is 19.6 Å². The minimum Gasteiger partial charge on any atom is -0.479 e. The highest BCUT2D eigenvalue weighted by Gasteiger charge is 2.22. The summed E-state index contributed by atoms with van der Waals surface area (Å²) in [5.41, 5.74) is 5.34. The normalized spacial score (nSPS) is 12.0. The van der Waals surface area contributed by atoms with Gasteiger partial charge in [0, 0.05) is 24.1 Å². The minimum atomic E-state index is -1.14. The van der Waals surface area contributed by atoms with E-state index in [0.29, 0.717) is 5.39 Å². The maximum Gasteiger partial charge on any atom is 0.344 e. The van der Waals surface area contributed by atoms with E-state index >= 15 is 0 Å². The molecule has 0 fully saturated rings. The zero-order chi connectivity index (χ0) is 15.4. The first-order valence-electron chi connectivity index (χ1n) is 6.16. The average Bonchev–Trinajstić information content (AvgIpc) is 2.46. The number of ether oxygens (including phenoxy) is 1. The third kappa shape index (κ3) is 3.06. The van der Waals surface area contributed by atoms with Gasteiger partial charge in [-0.2, -0.15) is 0 Å². The number of nitro groups is 1. The Hall–Kier alpha value is -2.74. The van der Waals surface area contributed by atoms with Crippen LogP contribution in [-0.2, 0) is 4.79 Å². The number of hydrogen-bond donors (Lipinski definition) is 2. The summed E-state index contributed by atoms with van der Waals surface area (Å²) in [5.74, 6) is -0.916. The van der Waals surface area contributed by atoms with E-state index in [1.54, 1.807) is 12.1 Å². The molecule has 21 heavy (non-hydrogen) atoms. The van der Waals surface area contributed by atoms with Crippen molar-refractivity contribution in [2.24, 2.45) is 5.73 Å². The van der Waals surface area contributed by atoms with Gasteiger partial charge in [-0.15, -0.1) is 0 Å². The van der Waals surface area contributed by atoms with Crippen LogP contribution in [0.3, 0.4) is 0 Å². The number of aromatic nitrogens is 1. The molecule has 0 radical (unpaired) electrons. The van der Waals surface area contributed by atoms with E-state index in [1.165, 1.54) is 18.3 Å². The van der Waals surface area contributed by atoms with Gasteiger partial charge >= 0.3 is 5.97 Å². The van der Waals surface area contributed by atoms with Gasteiger partial charge in [-0.3, -0.25) is 10.1 Å². The second kappa shape index (κ2) is 6.14. The fourth-order valence-electron chi connectivity index (χ4n) is 1.92. The van der Waals surface area contributed by atoms with Gasteiger partial charge in [-0.05, 0) is 24.7 Å². The number of nitrogens with zero attached hydrogens (tertiary/aromatic N) is 2. The van der Waals surface area contributed by atoms with Crippen LogP contribution in [0.4, 0.5) is 5.69 Å². The lowest BCUT2D eigenvalue weighted by atomic mass is 10.1. The molecule has 0 saturated heterocycles. The van der Waals surface area contributed by atoms with Crippen molar-refractivity contribution in [3.05, 3.63) is 40.6 Å². The molecule has 0 aliphatic heterocycles. The molecule has 1 atom stereocenters. The Kier molecular flexibility index (Phi) is 4.29. The van der Waals surface area contributed by atoms with Crippen molar-refractivity contribution in [1.29, 1.82) is 0 Å². The Balaban J connectivity index is 2.48. The summed E-state index contributed by atoms with van der Waals surface area (Å²) in [6.07, 6.45) is 0.446. The summed E-state index contributed by atoms with van der Waals surface area (Å²) in [4.78, 5) is 25.5. The molecule has 0 amide bonds. The lowest BCUT2D eigenvalue weighted by Gasteiger charge is -2.15. The van der Waals surface area contributed by atoms with Crippen molar-refractivity contribution in [2.45, 2.75) is 12.5 Å². The van der Waals surface area contributed by atoms with Crippen molar-refractivity contribution in [2.75, 3.05) is 6.54 Å². The molecule has 8 heteroatoms. The van der Waals surface area contributed by atoms with Crippen LogP contribution < -0.4 is 10.5 Å². The Morgan fingerprint density at radius 2 is 2.24 bits per heavy atom. The second-order valence-electron chi connectivity index (χ2n) is 4.26. The van der Waals surface area contributed by atoms with E-state index in [0.717, 1.165) is 0 Å². The second-order valence-corrected chi connectivity index (χ2v) is 4.26. The standard InChI is InChI=1S/C13H13N3O5/c14-6-5-11(13(17)18)21-10-4-3-9(16(19)20)12-8(10)2-1-7-15-12/h1-4,7,11H,5-6,14H2,(H,17,18). The minimum absolute atomic E-state index is 0.133. The maximum absolute atomic E-state index is 11.1. The molecule has 3 N–H and O–H groups in total. The summed E-state index contributed by atoms with van der Waals surface area (Å²) in [6, 6.07) is 5.80. The summed E-state index contributed by atoms with van der Waals surface area (Å²) in [7, 11) is 0. The molecular formula is C13H13N3O5. The Bertz CT molecular complexity index is 689. The van der Waals surface area contributed by atoms with Crippen LogP contribution in [0.1, 0.15) is 6.42 Å². The molecule has 110 valence electrons. The highest BCUT2D eigenvalue weighted by Crippen LogP contribution is 2.32. The maximum atomic E-state index is 11.1. The van der Waals surface area contributed by atoms with Crippen LogP contribution in [0.5, 0.6) is 5.75 Å². The summed E-state index contributed by atoms with van der Waals surface area (Å²) >= 11 is 0. The van der Waals surface area contributed by atoms with Gasteiger partial charge in [0.1, 0.15) is 5.75 Å². The van der Waals surface area contributed by atoms with Crippen LogP contribution in [0, 0.1) is 10.1 Å². The van der Waals surface area contributed by atoms with Crippen molar-refractivity contribution in [1.82, 2.24) is 4.98 Å². The highest BCUT2D eigenvalue weighted by molar-refractivity contribution is 5.92. The molecule has 8 nitrogen and oxygen atoms in total.